The van der Waals surface area contributed by atoms with Crippen LogP contribution in [0.3, 0.4) is 0 Å². The lowest BCUT2D eigenvalue weighted by Gasteiger charge is -2.42. The van der Waals surface area contributed by atoms with Gasteiger partial charge in [0.15, 0.2) is 5.15 Å². The highest BCUT2D eigenvalue weighted by atomic mass is 35.5. The zero-order valence-electron chi connectivity index (χ0n) is 17.9. The van der Waals surface area contributed by atoms with Crippen LogP contribution in [-0.4, -0.2) is 68.1 Å². The fourth-order valence-corrected chi connectivity index (χ4v) is 5.00. The number of hydrogen-bond acceptors (Lipinski definition) is 6. The van der Waals surface area contributed by atoms with Gasteiger partial charge in [-0.2, -0.15) is 23.3 Å². The Morgan fingerprint density at radius 3 is 2.62 bits per heavy atom. The number of H-pyrrole nitrogens is 1. The molecule has 3 aromatic rings. The number of alkyl halides is 4. The number of ether oxygens (including phenoxy) is 1. The molecule has 13 heteroatoms. The van der Waals surface area contributed by atoms with Crippen LogP contribution < -0.4 is 5.32 Å². The predicted octanol–water partition coefficient (Wildman–Crippen LogP) is 4.43. The molecule has 0 spiro atoms. The fraction of sp³-hybridized carbons (Fsp3) is 0.571. The Morgan fingerprint density at radius 2 is 1.97 bits per heavy atom. The summed E-state index contributed by atoms with van der Waals surface area (Å²) >= 11 is 6.53. The Labute approximate surface area is 196 Å². The molecule has 2 aliphatic heterocycles. The van der Waals surface area contributed by atoms with E-state index in [2.05, 4.69) is 30.3 Å². The van der Waals surface area contributed by atoms with E-state index in [1.807, 2.05) is 0 Å². The fourth-order valence-electron chi connectivity index (χ4n) is 4.73. The number of aromatic nitrogens is 5. The minimum Gasteiger partial charge on any atom is -0.378 e. The third-order valence-corrected chi connectivity index (χ3v) is 7.18. The number of hydrogen-bond donors (Lipinski definition) is 2. The van der Waals surface area contributed by atoms with Crippen molar-refractivity contribution < 1.29 is 22.3 Å². The number of nitrogens with zero attached hydrogens (tertiary/aromatic N) is 5. The summed E-state index contributed by atoms with van der Waals surface area (Å²) in [7, 11) is 0. The maximum atomic E-state index is 15.0. The van der Waals surface area contributed by atoms with Crippen LogP contribution in [0.1, 0.15) is 42.5 Å². The van der Waals surface area contributed by atoms with Crippen LogP contribution >= 0.6 is 11.6 Å². The molecular weight excluding hydrogens is 478 g/mol. The summed E-state index contributed by atoms with van der Waals surface area (Å²) in [6, 6.07) is -0.244. The highest BCUT2D eigenvalue weighted by Gasteiger charge is 2.39. The number of halogens is 5. The van der Waals surface area contributed by atoms with Gasteiger partial charge >= 0.3 is 6.18 Å². The lowest BCUT2D eigenvalue weighted by Crippen LogP contribution is -2.55. The Balaban J connectivity index is 1.25. The van der Waals surface area contributed by atoms with Gasteiger partial charge in [-0.3, -0.25) is 4.90 Å². The molecule has 0 amide bonds. The molecule has 182 valence electrons. The number of fused-ring (bicyclic) bond motifs is 1. The smallest absolute Gasteiger partial charge is 0.378 e. The van der Waals surface area contributed by atoms with E-state index in [1.165, 1.54) is 10.9 Å². The van der Waals surface area contributed by atoms with E-state index in [-0.39, 0.29) is 40.6 Å². The van der Waals surface area contributed by atoms with Crippen LogP contribution in [0.2, 0.25) is 5.15 Å². The molecule has 6 rings (SSSR count). The number of likely N-dealkylation sites (tertiary alicyclic amines) is 1. The van der Waals surface area contributed by atoms with Gasteiger partial charge < -0.3 is 15.0 Å². The summed E-state index contributed by atoms with van der Waals surface area (Å²) in [6.07, 6.45) is -1.17. The summed E-state index contributed by atoms with van der Waals surface area (Å²) in [6.45, 7) is 2.27. The van der Waals surface area contributed by atoms with E-state index in [0.29, 0.717) is 31.0 Å². The summed E-state index contributed by atoms with van der Waals surface area (Å²) in [5.74, 6) is 0.0720. The van der Waals surface area contributed by atoms with E-state index in [0.717, 1.165) is 25.6 Å². The number of piperidine rings is 1. The second-order valence-electron chi connectivity index (χ2n) is 9.11. The van der Waals surface area contributed by atoms with Crippen LogP contribution in [0, 0.1) is 0 Å². The van der Waals surface area contributed by atoms with E-state index in [4.69, 9.17) is 16.3 Å². The second kappa shape index (κ2) is 8.06. The Kier molecular flexibility index (Phi) is 5.23. The molecule has 0 aromatic carbocycles. The molecule has 2 N–H and O–H groups in total. The average Bonchev–Trinajstić information content (AvgIpc) is 3.40. The number of nitrogens with one attached hydrogen (secondary N) is 2. The summed E-state index contributed by atoms with van der Waals surface area (Å²) in [4.78, 5) is 13.3. The van der Waals surface area contributed by atoms with Gasteiger partial charge in [-0.05, 0) is 19.3 Å². The first-order valence-corrected chi connectivity index (χ1v) is 11.6. The topological polar surface area (TPSA) is 83.9 Å². The molecule has 8 nitrogen and oxygen atoms in total. The van der Waals surface area contributed by atoms with Crippen molar-refractivity contribution in [2.45, 2.75) is 49.6 Å². The SMILES string of the molecule is F[C@H]1CN(C2COC2)CC[C@@H]1n1ncc(Nc2nc(C3CC3)c3c(C(F)(F)F)c[nH]c3n2)c1Cl. The molecule has 34 heavy (non-hydrogen) atoms. The van der Waals surface area contributed by atoms with Crippen LogP contribution in [-0.2, 0) is 10.9 Å². The first-order chi connectivity index (χ1) is 16.3. The predicted molar refractivity (Wildman–Crippen MR) is 116 cm³/mol. The van der Waals surface area contributed by atoms with Crippen molar-refractivity contribution in [1.82, 2.24) is 29.6 Å². The minimum atomic E-state index is -4.51. The molecule has 3 fully saturated rings. The van der Waals surface area contributed by atoms with Crippen LogP contribution in [0.15, 0.2) is 12.4 Å². The molecule has 3 aromatic heterocycles. The van der Waals surface area contributed by atoms with Crippen LogP contribution in [0.4, 0.5) is 29.2 Å². The van der Waals surface area contributed by atoms with Gasteiger partial charge in [-0.15, -0.1) is 0 Å². The number of aromatic amines is 1. The van der Waals surface area contributed by atoms with Gasteiger partial charge in [-0.1, -0.05) is 11.6 Å². The van der Waals surface area contributed by atoms with Gasteiger partial charge in [0.05, 0.1) is 53.8 Å². The summed E-state index contributed by atoms with van der Waals surface area (Å²) in [5.41, 5.74) is 0.0650. The number of anilines is 2. The van der Waals surface area contributed by atoms with Crippen LogP contribution in [0.5, 0.6) is 0 Å². The van der Waals surface area contributed by atoms with Crippen molar-refractivity contribution in [1.29, 1.82) is 0 Å². The quantitative estimate of drug-likeness (QED) is 0.505. The highest BCUT2D eigenvalue weighted by Crippen LogP contribution is 2.46. The Bertz CT molecular complexity index is 1220. The monoisotopic (exact) mass is 499 g/mol. The van der Waals surface area contributed by atoms with E-state index in [9.17, 15) is 17.6 Å². The first kappa shape index (κ1) is 22.1. The average molecular weight is 500 g/mol. The first-order valence-electron chi connectivity index (χ1n) is 11.2. The molecule has 2 saturated heterocycles. The van der Waals surface area contributed by atoms with E-state index >= 15 is 0 Å². The van der Waals surface area contributed by atoms with Crippen molar-refractivity contribution in [2.24, 2.45) is 0 Å². The van der Waals surface area contributed by atoms with Gasteiger partial charge in [-0.25, -0.2) is 14.1 Å². The highest BCUT2D eigenvalue weighted by molar-refractivity contribution is 6.32. The van der Waals surface area contributed by atoms with Gasteiger partial charge in [0.2, 0.25) is 5.95 Å². The van der Waals surface area contributed by atoms with E-state index < -0.39 is 24.0 Å². The Hall–Kier alpha value is -2.44. The third kappa shape index (κ3) is 3.81. The van der Waals surface area contributed by atoms with Crippen molar-refractivity contribution in [3.63, 3.8) is 0 Å². The normalized spacial score (nSPS) is 24.5. The molecule has 3 aliphatic rings. The maximum Gasteiger partial charge on any atom is 0.418 e. The Morgan fingerprint density at radius 1 is 1.18 bits per heavy atom. The molecule has 0 unspecified atom stereocenters. The van der Waals surface area contributed by atoms with Crippen LogP contribution in [0.25, 0.3) is 11.0 Å². The molecule has 1 aliphatic carbocycles. The minimum absolute atomic E-state index is 0.00577. The summed E-state index contributed by atoms with van der Waals surface area (Å²) in [5, 5.41) is 7.46. The molecule has 5 heterocycles. The molecular formula is C21H22ClF4N7O. The second-order valence-corrected chi connectivity index (χ2v) is 9.47. The lowest BCUT2D eigenvalue weighted by molar-refractivity contribution is -0.136. The molecule has 0 bridgehead atoms. The van der Waals surface area contributed by atoms with Gasteiger partial charge in [0.1, 0.15) is 11.8 Å². The standard InChI is InChI=1S/C21H22ClF4N7O/c22-18-14(6-28-33(18)15-3-4-32(7-13(15)23)11-8-34-9-11)29-20-30-17(10-1-2-10)16-12(21(24,25)26)5-27-19(16)31-20/h5-6,10-11,13,15H,1-4,7-9H2,(H2,27,29,30,31)/t13-,15-/m0/s1. The van der Waals surface area contributed by atoms with Gasteiger partial charge in [0, 0.05) is 25.2 Å². The largest absolute Gasteiger partial charge is 0.418 e. The molecule has 1 saturated carbocycles. The van der Waals surface area contributed by atoms with Crippen molar-refractivity contribution in [3.05, 3.63) is 28.8 Å². The van der Waals surface area contributed by atoms with Crippen molar-refractivity contribution in [3.8, 4) is 0 Å². The third-order valence-electron chi connectivity index (χ3n) is 6.80. The zero-order chi connectivity index (χ0) is 23.6. The molecule has 2 atom stereocenters. The zero-order valence-corrected chi connectivity index (χ0v) is 18.7. The lowest BCUT2D eigenvalue weighted by atomic mass is 10.0. The van der Waals surface area contributed by atoms with Crippen molar-refractivity contribution in [2.75, 3.05) is 31.6 Å². The van der Waals surface area contributed by atoms with Gasteiger partial charge in [0.25, 0.3) is 0 Å². The maximum absolute atomic E-state index is 15.0. The molecule has 0 radical (unpaired) electrons. The van der Waals surface area contributed by atoms with E-state index in [1.54, 1.807) is 0 Å². The number of rotatable bonds is 5. The van der Waals surface area contributed by atoms with Crippen molar-refractivity contribution >= 4 is 34.3 Å². The summed E-state index contributed by atoms with van der Waals surface area (Å²) < 4.78 is 62.0.